The van der Waals surface area contributed by atoms with E-state index < -0.39 is 15.8 Å². The summed E-state index contributed by atoms with van der Waals surface area (Å²) in [6.07, 6.45) is 1.04. The molecule has 0 aromatic heterocycles. The molecular weight excluding hydrogens is 343 g/mol. The van der Waals surface area contributed by atoms with E-state index in [0.717, 1.165) is 6.26 Å². The summed E-state index contributed by atoms with van der Waals surface area (Å²) >= 11 is 5.59. The summed E-state index contributed by atoms with van der Waals surface area (Å²) in [5.74, 6) is -0.902. The third-order valence-corrected chi connectivity index (χ3v) is 3.80. The molecule has 122 valence electrons. The maximum atomic E-state index is 13.3. The number of carbonyl (C=O) groups excluding carboxylic acids is 1. The van der Waals surface area contributed by atoms with Gasteiger partial charge in [-0.05, 0) is 42.0 Å². The average molecular weight is 357 g/mol. The van der Waals surface area contributed by atoms with Gasteiger partial charge in [0, 0.05) is 17.8 Å². The molecule has 8 heteroatoms. The van der Waals surface area contributed by atoms with Crippen molar-refractivity contribution < 1.29 is 17.6 Å². The molecule has 2 N–H and O–H groups in total. The van der Waals surface area contributed by atoms with Crippen LogP contribution in [-0.4, -0.2) is 20.6 Å². The van der Waals surface area contributed by atoms with Crippen LogP contribution in [0.15, 0.2) is 42.5 Å². The van der Waals surface area contributed by atoms with Gasteiger partial charge in [-0.25, -0.2) is 12.8 Å². The Balaban J connectivity index is 1.99. The van der Waals surface area contributed by atoms with E-state index in [1.165, 1.54) is 36.4 Å². The van der Waals surface area contributed by atoms with Gasteiger partial charge in [-0.2, -0.15) is 0 Å². The second-order valence-electron chi connectivity index (χ2n) is 4.88. The number of amides is 1. The number of halogens is 2. The fraction of sp³-hybridized carbons (Fsp3) is 0.133. The van der Waals surface area contributed by atoms with Gasteiger partial charge in [-0.1, -0.05) is 17.7 Å². The third-order valence-electron chi connectivity index (χ3n) is 2.89. The van der Waals surface area contributed by atoms with Crippen molar-refractivity contribution >= 4 is 33.2 Å². The van der Waals surface area contributed by atoms with Gasteiger partial charge >= 0.3 is 0 Å². The molecule has 2 rings (SSSR count). The molecule has 0 aliphatic rings. The maximum absolute atomic E-state index is 13.3. The van der Waals surface area contributed by atoms with E-state index >= 15 is 0 Å². The van der Waals surface area contributed by atoms with Crippen LogP contribution in [0.1, 0.15) is 15.9 Å². The molecule has 5 nitrogen and oxygen atoms in total. The molecular formula is C15H14ClFN2O3S. The SMILES string of the molecule is CS(=O)(=O)Nc1ccc(C(=O)NCc2ccc(Cl)c(F)c2)cc1. The lowest BCUT2D eigenvalue weighted by molar-refractivity contribution is 0.0951. The van der Waals surface area contributed by atoms with Crippen molar-refractivity contribution in [3.63, 3.8) is 0 Å². The van der Waals surface area contributed by atoms with Crippen molar-refractivity contribution in [3.05, 3.63) is 64.4 Å². The van der Waals surface area contributed by atoms with Crippen LogP contribution < -0.4 is 10.0 Å². The quantitative estimate of drug-likeness (QED) is 0.865. The summed E-state index contributed by atoms with van der Waals surface area (Å²) in [5, 5.41) is 2.66. The Morgan fingerprint density at radius 2 is 1.83 bits per heavy atom. The summed E-state index contributed by atoms with van der Waals surface area (Å²) in [5.41, 5.74) is 1.30. The lowest BCUT2D eigenvalue weighted by Gasteiger charge is -2.08. The van der Waals surface area contributed by atoms with Crippen LogP contribution in [0.3, 0.4) is 0 Å². The normalized spacial score (nSPS) is 11.1. The van der Waals surface area contributed by atoms with Gasteiger partial charge < -0.3 is 5.32 Å². The van der Waals surface area contributed by atoms with Crippen LogP contribution in [0.5, 0.6) is 0 Å². The Labute approximate surface area is 138 Å². The van der Waals surface area contributed by atoms with Gasteiger partial charge in [-0.15, -0.1) is 0 Å². The second-order valence-corrected chi connectivity index (χ2v) is 7.04. The highest BCUT2D eigenvalue weighted by Gasteiger charge is 2.08. The molecule has 0 spiro atoms. The summed E-state index contributed by atoms with van der Waals surface area (Å²) in [4.78, 5) is 12.0. The number of carbonyl (C=O) groups is 1. The number of benzene rings is 2. The number of hydrogen-bond acceptors (Lipinski definition) is 3. The van der Waals surface area contributed by atoms with E-state index in [1.54, 1.807) is 6.07 Å². The van der Waals surface area contributed by atoms with Crippen LogP contribution in [0.25, 0.3) is 0 Å². The summed E-state index contributed by atoms with van der Waals surface area (Å²) in [7, 11) is -3.36. The molecule has 0 aliphatic carbocycles. The van der Waals surface area contributed by atoms with Crippen LogP contribution in [0.2, 0.25) is 5.02 Å². The highest BCUT2D eigenvalue weighted by atomic mass is 35.5. The van der Waals surface area contributed by atoms with Crippen molar-refractivity contribution in [1.29, 1.82) is 0 Å². The topological polar surface area (TPSA) is 75.3 Å². The number of hydrogen-bond donors (Lipinski definition) is 2. The molecule has 0 unspecified atom stereocenters. The maximum Gasteiger partial charge on any atom is 0.251 e. The van der Waals surface area contributed by atoms with Crippen LogP contribution in [-0.2, 0) is 16.6 Å². The van der Waals surface area contributed by atoms with Gasteiger partial charge in [-0.3, -0.25) is 9.52 Å². The molecule has 1 amide bonds. The smallest absolute Gasteiger partial charge is 0.251 e. The van der Waals surface area contributed by atoms with E-state index in [-0.39, 0.29) is 17.5 Å². The van der Waals surface area contributed by atoms with E-state index in [2.05, 4.69) is 10.0 Å². The van der Waals surface area contributed by atoms with E-state index in [0.29, 0.717) is 16.8 Å². The fourth-order valence-corrected chi connectivity index (χ4v) is 2.52. The first-order valence-electron chi connectivity index (χ1n) is 6.54. The molecule has 0 bridgehead atoms. The highest BCUT2D eigenvalue weighted by molar-refractivity contribution is 7.92. The molecule has 0 atom stereocenters. The fourth-order valence-electron chi connectivity index (χ4n) is 1.84. The zero-order valence-electron chi connectivity index (χ0n) is 12.1. The first kappa shape index (κ1) is 17.2. The van der Waals surface area contributed by atoms with Crippen molar-refractivity contribution in [3.8, 4) is 0 Å². The van der Waals surface area contributed by atoms with E-state index in [1.807, 2.05) is 0 Å². The predicted octanol–water partition coefficient (Wildman–Crippen LogP) is 2.78. The number of sulfonamides is 1. The van der Waals surface area contributed by atoms with Crippen molar-refractivity contribution in [2.75, 3.05) is 11.0 Å². The minimum Gasteiger partial charge on any atom is -0.348 e. The molecule has 0 fully saturated rings. The van der Waals surface area contributed by atoms with Crippen molar-refractivity contribution in [2.24, 2.45) is 0 Å². The Kier molecular flexibility index (Phi) is 5.23. The van der Waals surface area contributed by atoms with Gasteiger partial charge in [0.1, 0.15) is 5.82 Å². The largest absolute Gasteiger partial charge is 0.348 e. The number of nitrogens with one attached hydrogen (secondary N) is 2. The zero-order valence-corrected chi connectivity index (χ0v) is 13.7. The minimum absolute atomic E-state index is 0.0223. The van der Waals surface area contributed by atoms with E-state index in [4.69, 9.17) is 11.6 Å². The van der Waals surface area contributed by atoms with Crippen LogP contribution >= 0.6 is 11.6 Å². The van der Waals surface area contributed by atoms with Gasteiger partial charge in [0.2, 0.25) is 10.0 Å². The molecule has 0 radical (unpaired) electrons. The monoisotopic (exact) mass is 356 g/mol. The first-order chi connectivity index (χ1) is 10.7. The minimum atomic E-state index is -3.36. The van der Waals surface area contributed by atoms with Gasteiger partial charge in [0.05, 0.1) is 11.3 Å². The number of anilines is 1. The highest BCUT2D eigenvalue weighted by Crippen LogP contribution is 2.16. The molecule has 2 aromatic rings. The second kappa shape index (κ2) is 6.97. The summed E-state index contributed by atoms with van der Waals surface area (Å²) in [6.45, 7) is 0.149. The average Bonchev–Trinajstić information content (AvgIpc) is 2.47. The predicted molar refractivity (Wildman–Crippen MR) is 87.5 cm³/mol. The summed E-state index contributed by atoms with van der Waals surface area (Å²) < 4.78 is 37.8. The summed E-state index contributed by atoms with van der Waals surface area (Å²) in [6, 6.07) is 10.2. The lowest BCUT2D eigenvalue weighted by atomic mass is 10.2. The first-order valence-corrected chi connectivity index (χ1v) is 8.81. The molecule has 0 saturated heterocycles. The molecule has 2 aromatic carbocycles. The van der Waals surface area contributed by atoms with E-state index in [9.17, 15) is 17.6 Å². The van der Waals surface area contributed by atoms with Crippen molar-refractivity contribution in [2.45, 2.75) is 6.54 Å². The van der Waals surface area contributed by atoms with Gasteiger partial charge in [0.25, 0.3) is 5.91 Å². The molecule has 23 heavy (non-hydrogen) atoms. The Bertz CT molecular complexity index is 823. The van der Waals surface area contributed by atoms with Crippen molar-refractivity contribution in [1.82, 2.24) is 5.32 Å². The van der Waals surface area contributed by atoms with Crippen LogP contribution in [0, 0.1) is 5.82 Å². The number of rotatable bonds is 5. The van der Waals surface area contributed by atoms with Gasteiger partial charge in [0.15, 0.2) is 0 Å². The molecule has 0 saturated carbocycles. The lowest BCUT2D eigenvalue weighted by Crippen LogP contribution is -2.22. The molecule has 0 aliphatic heterocycles. The van der Waals surface area contributed by atoms with Crippen LogP contribution in [0.4, 0.5) is 10.1 Å². The third kappa shape index (κ3) is 5.22. The molecule has 0 heterocycles. The Morgan fingerprint density at radius 1 is 1.17 bits per heavy atom. The Hall–Kier alpha value is -2.12. The zero-order chi connectivity index (χ0) is 17.0. The standard InChI is InChI=1S/C15H14ClFN2O3S/c1-23(21,22)19-12-5-3-11(4-6-12)15(20)18-9-10-2-7-13(16)14(17)8-10/h2-8,19H,9H2,1H3,(H,18,20). The Morgan fingerprint density at radius 3 is 2.39 bits per heavy atom.